The lowest BCUT2D eigenvalue weighted by molar-refractivity contribution is -0.171. The van der Waals surface area contributed by atoms with Crippen molar-refractivity contribution in [3.05, 3.63) is 0 Å². The number of likely N-dealkylation sites (tertiary alicyclic amines) is 1. The molecule has 5 fully saturated rings. The summed E-state index contributed by atoms with van der Waals surface area (Å²) in [6.07, 6.45) is 12.2. The van der Waals surface area contributed by atoms with Gasteiger partial charge in [0.1, 0.15) is 0 Å². The maximum atomic E-state index is 6.19. The average Bonchev–Trinajstić information content (AvgIpc) is 3.12. The van der Waals surface area contributed by atoms with Crippen LogP contribution < -0.4 is 5.32 Å². The monoisotopic (exact) mass is 519 g/mol. The summed E-state index contributed by atoms with van der Waals surface area (Å²) < 4.78 is 18.1. The molecule has 3 heterocycles. The zero-order valence-corrected chi connectivity index (χ0v) is 20.1. The first kappa shape index (κ1) is 22.1. The van der Waals surface area contributed by atoms with E-state index in [9.17, 15) is 0 Å². The second-order valence-corrected chi connectivity index (χ2v) is 9.51. The van der Waals surface area contributed by atoms with Crippen LogP contribution in [0.1, 0.15) is 57.8 Å². The molecule has 0 bridgehead atoms. The number of hydrogen-bond donors (Lipinski definition) is 1. The Morgan fingerprint density at radius 3 is 2.55 bits per heavy atom. The predicted octanol–water partition coefficient (Wildman–Crippen LogP) is 3.19. The quantitative estimate of drug-likeness (QED) is 0.352. The summed E-state index contributed by atoms with van der Waals surface area (Å²) in [4.78, 5) is 7.08. The highest BCUT2D eigenvalue weighted by Gasteiger charge is 2.66. The van der Waals surface area contributed by atoms with Gasteiger partial charge < -0.3 is 24.4 Å². The average molecular weight is 519 g/mol. The molecule has 4 atom stereocenters. The zero-order chi connectivity index (χ0) is 19.0. The third-order valence-corrected chi connectivity index (χ3v) is 8.07. The van der Waals surface area contributed by atoms with Crippen LogP contribution >= 0.6 is 24.0 Å². The van der Waals surface area contributed by atoms with Crippen molar-refractivity contribution in [1.82, 2.24) is 10.2 Å². The van der Waals surface area contributed by atoms with Gasteiger partial charge in [-0.15, -0.1) is 24.0 Å². The van der Waals surface area contributed by atoms with Crippen LogP contribution in [0.15, 0.2) is 4.99 Å². The molecule has 5 rings (SSSR count). The normalized spacial score (nSPS) is 36.7. The second kappa shape index (κ2) is 9.57. The van der Waals surface area contributed by atoms with Crippen LogP contribution in [0.4, 0.5) is 0 Å². The molecule has 2 aliphatic carbocycles. The number of rotatable bonds is 4. The minimum atomic E-state index is 0. The van der Waals surface area contributed by atoms with E-state index in [4.69, 9.17) is 14.2 Å². The summed E-state index contributed by atoms with van der Waals surface area (Å²) in [5.74, 6) is 1.78. The van der Waals surface area contributed by atoms with E-state index < -0.39 is 0 Å². The van der Waals surface area contributed by atoms with Gasteiger partial charge >= 0.3 is 0 Å². The maximum absolute atomic E-state index is 6.19. The minimum Gasteiger partial charge on any atom is -0.377 e. The number of ether oxygens (including phenoxy) is 3. The molecule has 0 amide bonds. The highest BCUT2D eigenvalue weighted by atomic mass is 127. The second-order valence-electron chi connectivity index (χ2n) is 9.51. The van der Waals surface area contributed by atoms with Gasteiger partial charge in [-0.3, -0.25) is 4.99 Å². The lowest BCUT2D eigenvalue weighted by atomic mass is 9.46. The summed E-state index contributed by atoms with van der Waals surface area (Å²) in [5.41, 5.74) is 0.401. The molecule has 3 saturated heterocycles. The summed E-state index contributed by atoms with van der Waals surface area (Å²) >= 11 is 0. The zero-order valence-electron chi connectivity index (χ0n) is 17.8. The fraction of sp³-hybridized carbons (Fsp3) is 0.955. The molecule has 0 aromatic rings. The third-order valence-electron chi connectivity index (χ3n) is 8.07. The van der Waals surface area contributed by atoms with Gasteiger partial charge in [-0.25, -0.2) is 0 Å². The molecular weight excluding hydrogens is 481 g/mol. The Bertz CT molecular complexity index is 572. The Hall–Kier alpha value is -0.120. The topological polar surface area (TPSA) is 55.3 Å². The lowest BCUT2D eigenvalue weighted by Gasteiger charge is -2.63. The third kappa shape index (κ3) is 4.17. The van der Waals surface area contributed by atoms with E-state index in [1.165, 1.54) is 38.5 Å². The minimum absolute atomic E-state index is 0. The Morgan fingerprint density at radius 2 is 1.90 bits per heavy atom. The molecule has 7 heteroatoms. The van der Waals surface area contributed by atoms with Crippen molar-refractivity contribution < 1.29 is 14.2 Å². The Kier molecular flexibility index (Phi) is 7.29. The van der Waals surface area contributed by atoms with Gasteiger partial charge in [0.15, 0.2) is 5.96 Å². The first-order valence-corrected chi connectivity index (χ1v) is 11.6. The van der Waals surface area contributed by atoms with Crippen molar-refractivity contribution in [2.45, 2.75) is 82.1 Å². The van der Waals surface area contributed by atoms with Crippen molar-refractivity contribution in [3.8, 4) is 0 Å². The van der Waals surface area contributed by atoms with E-state index in [1.54, 1.807) is 0 Å². The molecule has 1 spiro atoms. The van der Waals surface area contributed by atoms with Crippen LogP contribution in [0.3, 0.4) is 0 Å². The molecule has 0 aromatic heterocycles. The lowest BCUT2D eigenvalue weighted by Crippen LogP contribution is -2.72. The molecule has 29 heavy (non-hydrogen) atoms. The van der Waals surface area contributed by atoms with E-state index >= 15 is 0 Å². The first-order valence-electron chi connectivity index (χ1n) is 11.6. The molecule has 2 saturated carbocycles. The fourth-order valence-corrected chi connectivity index (χ4v) is 6.31. The van der Waals surface area contributed by atoms with Gasteiger partial charge in [-0.1, -0.05) is 6.42 Å². The van der Waals surface area contributed by atoms with Crippen LogP contribution in [-0.2, 0) is 14.2 Å². The summed E-state index contributed by atoms with van der Waals surface area (Å²) in [5, 5.41) is 3.87. The van der Waals surface area contributed by atoms with Gasteiger partial charge in [0, 0.05) is 50.7 Å². The number of piperidine rings is 1. The standard InChI is InChI=1S/C22H37N3O3.HI/c1-23-21(24-19-18-8-14-27-20(18)22(19)9-4-10-22)25-11-6-16(7-12-25)28-15-17-5-2-3-13-26-17;/h16-20H,2-15H2,1H3,(H,23,24);1H. The molecule has 6 nitrogen and oxygen atoms in total. The Morgan fingerprint density at radius 1 is 1.07 bits per heavy atom. The molecule has 0 aromatic carbocycles. The number of guanidine groups is 1. The summed E-state index contributed by atoms with van der Waals surface area (Å²) in [7, 11) is 1.93. The van der Waals surface area contributed by atoms with Crippen molar-refractivity contribution >= 4 is 29.9 Å². The van der Waals surface area contributed by atoms with Crippen molar-refractivity contribution in [2.75, 3.05) is 40.0 Å². The van der Waals surface area contributed by atoms with Crippen LogP contribution in [0.5, 0.6) is 0 Å². The van der Waals surface area contributed by atoms with Gasteiger partial charge in [-0.05, 0) is 51.4 Å². The van der Waals surface area contributed by atoms with Gasteiger partial charge in [0.05, 0.1) is 24.9 Å². The Labute approximate surface area is 192 Å². The summed E-state index contributed by atoms with van der Waals surface area (Å²) in [6.45, 7) is 4.68. The molecule has 166 valence electrons. The molecule has 3 aliphatic heterocycles. The maximum Gasteiger partial charge on any atom is 0.193 e. The smallest absolute Gasteiger partial charge is 0.193 e. The molecule has 0 radical (unpaired) electrons. The van der Waals surface area contributed by atoms with Crippen LogP contribution in [0, 0.1) is 11.3 Å². The number of aliphatic imine (C=N–C) groups is 1. The largest absolute Gasteiger partial charge is 0.377 e. The van der Waals surface area contributed by atoms with Gasteiger partial charge in [0.2, 0.25) is 0 Å². The van der Waals surface area contributed by atoms with Crippen molar-refractivity contribution in [1.29, 1.82) is 0 Å². The highest BCUT2D eigenvalue weighted by molar-refractivity contribution is 14.0. The van der Waals surface area contributed by atoms with E-state index in [-0.39, 0.29) is 24.0 Å². The molecule has 5 aliphatic rings. The van der Waals surface area contributed by atoms with Crippen LogP contribution in [0.2, 0.25) is 0 Å². The SMILES string of the molecule is CN=C(NC1C2CCOC2C12CCC2)N1CCC(OCC2CCCCO2)CC1.I. The number of hydrogen-bond acceptors (Lipinski definition) is 4. The van der Waals surface area contributed by atoms with E-state index in [0.717, 1.165) is 58.1 Å². The Balaban J connectivity index is 0.00000205. The van der Waals surface area contributed by atoms with E-state index in [1.807, 2.05) is 7.05 Å². The van der Waals surface area contributed by atoms with E-state index in [2.05, 4.69) is 15.2 Å². The van der Waals surface area contributed by atoms with Crippen molar-refractivity contribution in [2.24, 2.45) is 16.3 Å². The number of nitrogens with zero attached hydrogens (tertiary/aromatic N) is 2. The molecule has 1 N–H and O–H groups in total. The van der Waals surface area contributed by atoms with Crippen LogP contribution in [-0.4, -0.2) is 75.2 Å². The van der Waals surface area contributed by atoms with Gasteiger partial charge in [0.25, 0.3) is 0 Å². The predicted molar refractivity (Wildman–Crippen MR) is 124 cm³/mol. The molecule has 4 unspecified atom stereocenters. The fourth-order valence-electron chi connectivity index (χ4n) is 6.31. The van der Waals surface area contributed by atoms with Crippen LogP contribution in [0.25, 0.3) is 0 Å². The number of fused-ring (bicyclic) bond motifs is 2. The van der Waals surface area contributed by atoms with E-state index in [0.29, 0.717) is 35.7 Å². The molecular formula is C22H38IN3O3. The van der Waals surface area contributed by atoms with Gasteiger partial charge in [-0.2, -0.15) is 0 Å². The number of nitrogens with one attached hydrogen (secondary N) is 1. The van der Waals surface area contributed by atoms with Crippen molar-refractivity contribution in [3.63, 3.8) is 0 Å². The number of halogens is 1. The first-order chi connectivity index (χ1) is 13.8. The summed E-state index contributed by atoms with van der Waals surface area (Å²) in [6, 6.07) is 0.560. The highest BCUT2D eigenvalue weighted by Crippen LogP contribution is 2.62.